The molecular weight excluding hydrogens is 411 g/mol. The molecule has 1 fully saturated rings. The molecule has 0 spiro atoms. The lowest BCUT2D eigenvalue weighted by molar-refractivity contribution is -0.131. The number of benzene rings is 1. The molecule has 0 bridgehead atoms. The van der Waals surface area contributed by atoms with Crippen molar-refractivity contribution in [1.29, 1.82) is 0 Å². The highest BCUT2D eigenvalue weighted by molar-refractivity contribution is 6.00. The number of fused-ring (bicyclic) bond motifs is 1. The van der Waals surface area contributed by atoms with Crippen molar-refractivity contribution in [1.82, 2.24) is 24.6 Å². The molecule has 164 valence electrons. The predicted molar refractivity (Wildman–Crippen MR) is 114 cm³/mol. The minimum atomic E-state index is -0.345. The summed E-state index contributed by atoms with van der Waals surface area (Å²) < 4.78 is 15.8. The van der Waals surface area contributed by atoms with E-state index in [2.05, 4.69) is 10.1 Å². The molecule has 2 aliphatic rings. The molecule has 0 unspecified atom stereocenters. The predicted octanol–water partition coefficient (Wildman–Crippen LogP) is 2.23. The summed E-state index contributed by atoms with van der Waals surface area (Å²) in [6.45, 7) is 3.36. The van der Waals surface area contributed by atoms with Gasteiger partial charge in [0.15, 0.2) is 0 Å². The second-order valence-electron chi connectivity index (χ2n) is 8.25. The van der Waals surface area contributed by atoms with E-state index in [0.29, 0.717) is 30.3 Å². The first-order chi connectivity index (χ1) is 15.5. The molecule has 2 aliphatic heterocycles. The number of hydrogen-bond acceptors (Lipinski definition) is 5. The van der Waals surface area contributed by atoms with Crippen LogP contribution in [0.5, 0.6) is 0 Å². The molecular formula is C23H23FN6O2. The van der Waals surface area contributed by atoms with Crippen LogP contribution >= 0.6 is 0 Å². The van der Waals surface area contributed by atoms with Crippen LogP contribution in [0.1, 0.15) is 35.0 Å². The third-order valence-electron chi connectivity index (χ3n) is 6.14. The summed E-state index contributed by atoms with van der Waals surface area (Å²) in [6, 6.07) is 8.23. The molecule has 32 heavy (non-hydrogen) atoms. The van der Waals surface area contributed by atoms with E-state index in [1.165, 1.54) is 6.07 Å². The Hall–Kier alpha value is -3.62. The summed E-state index contributed by atoms with van der Waals surface area (Å²) in [4.78, 5) is 38.1. The molecule has 0 saturated carbocycles. The van der Waals surface area contributed by atoms with E-state index in [-0.39, 0.29) is 43.1 Å². The van der Waals surface area contributed by atoms with Crippen molar-refractivity contribution < 1.29 is 14.0 Å². The lowest BCUT2D eigenvalue weighted by Gasteiger charge is -2.19. The van der Waals surface area contributed by atoms with Gasteiger partial charge >= 0.3 is 0 Å². The van der Waals surface area contributed by atoms with Crippen LogP contribution in [0.25, 0.3) is 0 Å². The zero-order chi connectivity index (χ0) is 22.2. The van der Waals surface area contributed by atoms with Gasteiger partial charge < -0.3 is 4.90 Å². The Morgan fingerprint density at radius 1 is 1.22 bits per heavy atom. The van der Waals surface area contributed by atoms with Crippen molar-refractivity contribution in [2.45, 2.75) is 38.8 Å². The standard InChI is InChI=1S/C23H23FN6O2/c1-15-18-11-20(31)30(13-16-5-2-3-6-19(16)24)23(18)27-22(26-15)17-7-10-28(12-17)21(32)14-29-9-4-8-25-29/h2-6,8-9,17H,7,10-14H2,1H3/t17-/m0/s1. The fraction of sp³-hybridized carbons (Fsp3) is 0.348. The van der Waals surface area contributed by atoms with Crippen LogP contribution in [0, 0.1) is 12.7 Å². The summed E-state index contributed by atoms with van der Waals surface area (Å²) in [7, 11) is 0. The van der Waals surface area contributed by atoms with Gasteiger partial charge in [0.1, 0.15) is 24.0 Å². The third kappa shape index (κ3) is 3.74. The second kappa shape index (κ2) is 8.14. The largest absolute Gasteiger partial charge is 0.340 e. The van der Waals surface area contributed by atoms with E-state index in [0.717, 1.165) is 17.7 Å². The van der Waals surface area contributed by atoms with Gasteiger partial charge in [0, 0.05) is 48.2 Å². The minimum Gasteiger partial charge on any atom is -0.340 e. The average molecular weight is 434 g/mol. The number of amides is 2. The maximum absolute atomic E-state index is 14.2. The van der Waals surface area contributed by atoms with Crippen molar-refractivity contribution in [3.05, 3.63) is 71.2 Å². The Bertz CT molecular complexity index is 1180. The summed E-state index contributed by atoms with van der Waals surface area (Å²) in [5.74, 6) is 0.727. The van der Waals surface area contributed by atoms with Crippen molar-refractivity contribution in [3.8, 4) is 0 Å². The molecule has 3 aromatic rings. The molecule has 0 radical (unpaired) electrons. The van der Waals surface area contributed by atoms with Gasteiger partial charge in [-0.3, -0.25) is 19.2 Å². The lowest BCUT2D eigenvalue weighted by atomic mass is 10.1. The molecule has 0 N–H and O–H groups in total. The van der Waals surface area contributed by atoms with Crippen LogP contribution in [0.3, 0.4) is 0 Å². The number of halogens is 1. The Kier molecular flexibility index (Phi) is 5.16. The zero-order valence-corrected chi connectivity index (χ0v) is 17.7. The molecule has 1 saturated heterocycles. The van der Waals surface area contributed by atoms with Crippen LogP contribution in [-0.2, 0) is 29.1 Å². The highest BCUT2D eigenvalue weighted by Crippen LogP contribution is 2.34. The van der Waals surface area contributed by atoms with Gasteiger partial charge in [-0.2, -0.15) is 5.10 Å². The summed E-state index contributed by atoms with van der Waals surface area (Å²) in [5.41, 5.74) is 2.00. The van der Waals surface area contributed by atoms with Gasteiger partial charge in [-0.1, -0.05) is 18.2 Å². The fourth-order valence-electron chi connectivity index (χ4n) is 4.37. The monoisotopic (exact) mass is 434 g/mol. The maximum atomic E-state index is 14.2. The molecule has 1 atom stereocenters. The number of rotatable bonds is 5. The maximum Gasteiger partial charge on any atom is 0.244 e. The molecule has 9 heteroatoms. The van der Waals surface area contributed by atoms with Crippen LogP contribution < -0.4 is 4.90 Å². The normalized spacial score (nSPS) is 17.8. The molecule has 4 heterocycles. The Labute approximate surface area is 184 Å². The first-order valence-corrected chi connectivity index (χ1v) is 10.7. The van der Waals surface area contributed by atoms with E-state index >= 15 is 0 Å². The quantitative estimate of drug-likeness (QED) is 0.615. The fourth-order valence-corrected chi connectivity index (χ4v) is 4.37. The smallest absolute Gasteiger partial charge is 0.244 e. The number of anilines is 1. The number of nitrogens with zero attached hydrogens (tertiary/aromatic N) is 6. The van der Waals surface area contributed by atoms with E-state index in [4.69, 9.17) is 4.98 Å². The first kappa shape index (κ1) is 20.3. The van der Waals surface area contributed by atoms with Gasteiger partial charge in [-0.15, -0.1) is 0 Å². The van der Waals surface area contributed by atoms with Crippen molar-refractivity contribution in [3.63, 3.8) is 0 Å². The topological polar surface area (TPSA) is 84.2 Å². The van der Waals surface area contributed by atoms with Crippen LogP contribution in [0.2, 0.25) is 0 Å². The van der Waals surface area contributed by atoms with Gasteiger partial charge in [0.05, 0.1) is 13.0 Å². The summed E-state index contributed by atoms with van der Waals surface area (Å²) in [5, 5.41) is 4.09. The van der Waals surface area contributed by atoms with E-state index < -0.39 is 0 Å². The van der Waals surface area contributed by atoms with E-state index in [9.17, 15) is 14.0 Å². The number of hydrogen-bond donors (Lipinski definition) is 0. The number of likely N-dealkylation sites (tertiary alicyclic amines) is 1. The molecule has 2 amide bonds. The van der Waals surface area contributed by atoms with Gasteiger partial charge in [0.25, 0.3) is 0 Å². The molecule has 8 nitrogen and oxygen atoms in total. The molecule has 1 aromatic carbocycles. The average Bonchev–Trinajstić information content (AvgIpc) is 3.51. The van der Waals surface area contributed by atoms with Crippen molar-refractivity contribution in [2.75, 3.05) is 18.0 Å². The minimum absolute atomic E-state index is 0.00504. The van der Waals surface area contributed by atoms with Crippen molar-refractivity contribution in [2.24, 2.45) is 0 Å². The molecule has 0 aliphatic carbocycles. The summed E-state index contributed by atoms with van der Waals surface area (Å²) in [6.07, 6.45) is 4.38. The number of carbonyl (C=O) groups is 2. The Balaban J connectivity index is 1.36. The number of aryl methyl sites for hydroxylation is 1. The Morgan fingerprint density at radius 2 is 2.06 bits per heavy atom. The second-order valence-corrected chi connectivity index (χ2v) is 8.25. The molecule has 5 rings (SSSR count). The zero-order valence-electron chi connectivity index (χ0n) is 17.7. The number of carbonyl (C=O) groups excluding carboxylic acids is 2. The van der Waals surface area contributed by atoms with Crippen LogP contribution in [0.15, 0.2) is 42.7 Å². The molecule has 2 aromatic heterocycles. The van der Waals surface area contributed by atoms with Gasteiger partial charge in [0.2, 0.25) is 11.8 Å². The highest BCUT2D eigenvalue weighted by Gasteiger charge is 2.35. The van der Waals surface area contributed by atoms with Crippen molar-refractivity contribution >= 4 is 17.6 Å². The van der Waals surface area contributed by atoms with Crippen LogP contribution in [-0.4, -0.2) is 49.6 Å². The first-order valence-electron chi connectivity index (χ1n) is 10.7. The third-order valence-corrected chi connectivity index (χ3v) is 6.14. The SMILES string of the molecule is Cc1nc([C@H]2CCN(C(=O)Cn3cccn3)C2)nc2c1CC(=O)N2Cc1ccccc1F. The van der Waals surface area contributed by atoms with E-state index in [1.54, 1.807) is 51.1 Å². The van der Waals surface area contributed by atoms with Gasteiger partial charge in [-0.25, -0.2) is 14.4 Å². The van der Waals surface area contributed by atoms with E-state index in [1.807, 2.05) is 6.92 Å². The Morgan fingerprint density at radius 3 is 2.84 bits per heavy atom. The highest BCUT2D eigenvalue weighted by atomic mass is 19.1. The lowest BCUT2D eigenvalue weighted by Crippen LogP contribution is -2.32. The summed E-state index contributed by atoms with van der Waals surface area (Å²) >= 11 is 0. The number of aromatic nitrogens is 4. The van der Waals surface area contributed by atoms with Crippen LogP contribution in [0.4, 0.5) is 10.2 Å². The van der Waals surface area contributed by atoms with Gasteiger partial charge in [-0.05, 0) is 25.5 Å².